The number of unbranched alkanes of at least 4 members (excludes halogenated alkanes) is 2. The molecule has 0 saturated heterocycles. The molecule has 0 bridgehead atoms. The quantitative estimate of drug-likeness (QED) is 0.0554. The average Bonchev–Trinajstić information content (AvgIpc) is 2.99. The van der Waals surface area contributed by atoms with Crippen LogP contribution in [0.4, 0.5) is 10.5 Å². The number of carboxylic acid groups (broad SMARTS) is 1. The van der Waals surface area contributed by atoms with Crippen molar-refractivity contribution in [1.82, 2.24) is 10.6 Å². The van der Waals surface area contributed by atoms with E-state index in [9.17, 15) is 19.5 Å². The number of carbonyl (C=O) groups excluding carboxylic acids is 2. The van der Waals surface area contributed by atoms with Crippen LogP contribution in [0.25, 0.3) is 0 Å². The van der Waals surface area contributed by atoms with Crippen molar-refractivity contribution in [3.8, 4) is 5.75 Å². The fourth-order valence-electron chi connectivity index (χ4n) is 3.77. The Hall–Kier alpha value is -4.11. The van der Waals surface area contributed by atoms with Crippen LogP contribution in [-0.2, 0) is 9.53 Å². The Bertz CT molecular complexity index is 1110. The van der Waals surface area contributed by atoms with E-state index in [0.717, 1.165) is 57.4 Å². The predicted molar refractivity (Wildman–Crippen MR) is 173 cm³/mol. The summed E-state index contributed by atoms with van der Waals surface area (Å²) in [6, 6.07) is 3.17. The first-order valence-electron chi connectivity index (χ1n) is 15.1. The number of nitrogens with one attached hydrogen (secondary N) is 3. The van der Waals surface area contributed by atoms with Gasteiger partial charge in [-0.15, -0.1) is 0 Å². The molecule has 1 aromatic rings. The number of anilines is 1. The van der Waals surface area contributed by atoms with E-state index in [-0.39, 0.29) is 36.0 Å². The van der Waals surface area contributed by atoms with Crippen molar-refractivity contribution in [3.63, 3.8) is 0 Å². The summed E-state index contributed by atoms with van der Waals surface area (Å²) in [5.41, 5.74) is -0.0950. The molecule has 0 aliphatic heterocycles. The normalized spacial score (nSPS) is 12.6. The van der Waals surface area contributed by atoms with E-state index >= 15 is 0 Å². The molecule has 0 aliphatic rings. The van der Waals surface area contributed by atoms with Gasteiger partial charge in [-0.2, -0.15) is 0 Å². The second-order valence-corrected chi connectivity index (χ2v) is 9.68. The first kappa shape index (κ1) is 36.9. The molecule has 0 heterocycles. The van der Waals surface area contributed by atoms with E-state index < -0.39 is 18.1 Å². The smallest absolute Gasteiger partial charge is 0.339 e. The van der Waals surface area contributed by atoms with Gasteiger partial charge in [0.25, 0.3) is 0 Å². The second-order valence-electron chi connectivity index (χ2n) is 9.68. The summed E-state index contributed by atoms with van der Waals surface area (Å²) in [6.07, 6.45) is 29.6. The molecule has 0 aromatic heterocycles. The third-order valence-electron chi connectivity index (χ3n) is 6.10. The molecule has 0 aliphatic carbocycles. The average molecular weight is 596 g/mol. The number of hydrogen-bond donors (Lipinski definition) is 5. The number of benzene rings is 1. The Morgan fingerprint density at radius 2 is 1.40 bits per heavy atom. The topological polar surface area (TPSA) is 137 Å². The number of rotatable bonds is 22. The SMILES string of the molecule is CCC=CCC=CCC=CCC=CCC=CCCCCOC(CC)C(=O)NCCNC(=O)Nc1ccc(O)c(C(=O)O)c1. The number of aromatic carboxylic acids is 1. The van der Waals surface area contributed by atoms with E-state index in [1.54, 1.807) is 0 Å². The Kier molecular flexibility index (Phi) is 21.0. The van der Waals surface area contributed by atoms with Gasteiger partial charge >= 0.3 is 12.0 Å². The lowest BCUT2D eigenvalue weighted by Gasteiger charge is -2.16. The van der Waals surface area contributed by atoms with Gasteiger partial charge in [-0.05, 0) is 76.0 Å². The van der Waals surface area contributed by atoms with Gasteiger partial charge < -0.3 is 30.9 Å². The van der Waals surface area contributed by atoms with Crippen molar-refractivity contribution in [3.05, 3.63) is 84.5 Å². The maximum atomic E-state index is 12.4. The minimum atomic E-state index is -1.30. The Labute approximate surface area is 256 Å². The van der Waals surface area contributed by atoms with E-state index in [0.29, 0.717) is 13.0 Å². The van der Waals surface area contributed by atoms with E-state index in [1.165, 1.54) is 12.1 Å². The molecular formula is C34H49N3O6. The Morgan fingerprint density at radius 3 is 1.98 bits per heavy atom. The van der Waals surface area contributed by atoms with E-state index in [4.69, 9.17) is 9.84 Å². The predicted octanol–water partition coefficient (Wildman–Crippen LogP) is 7.05. The molecule has 9 heteroatoms. The monoisotopic (exact) mass is 595 g/mol. The first-order valence-corrected chi connectivity index (χ1v) is 15.1. The van der Waals surface area contributed by atoms with Crippen LogP contribution < -0.4 is 16.0 Å². The van der Waals surface area contributed by atoms with Gasteiger partial charge in [0.2, 0.25) is 5.91 Å². The number of carbonyl (C=O) groups is 3. The molecule has 3 amide bonds. The fourth-order valence-corrected chi connectivity index (χ4v) is 3.77. The molecule has 43 heavy (non-hydrogen) atoms. The molecule has 5 N–H and O–H groups in total. The molecular weight excluding hydrogens is 546 g/mol. The van der Waals surface area contributed by atoms with Gasteiger partial charge in [0.1, 0.15) is 17.4 Å². The molecule has 1 rings (SSSR count). The number of phenols is 1. The number of hydrogen-bond acceptors (Lipinski definition) is 5. The summed E-state index contributed by atoms with van der Waals surface area (Å²) in [4.78, 5) is 35.5. The largest absolute Gasteiger partial charge is 0.507 e. The molecule has 0 radical (unpaired) electrons. The molecule has 236 valence electrons. The highest BCUT2D eigenvalue weighted by atomic mass is 16.5. The summed E-state index contributed by atoms with van der Waals surface area (Å²) >= 11 is 0. The van der Waals surface area contributed by atoms with Crippen LogP contribution in [0.15, 0.2) is 79.0 Å². The van der Waals surface area contributed by atoms with Crippen LogP contribution in [0.1, 0.15) is 82.0 Å². The molecule has 0 spiro atoms. The van der Waals surface area contributed by atoms with Crippen LogP contribution in [0.2, 0.25) is 0 Å². The van der Waals surface area contributed by atoms with Gasteiger partial charge in [0.15, 0.2) is 0 Å². The molecule has 9 nitrogen and oxygen atoms in total. The molecule has 0 saturated carbocycles. The molecule has 1 atom stereocenters. The van der Waals surface area contributed by atoms with Crippen molar-refractivity contribution in [2.75, 3.05) is 25.0 Å². The Balaban J connectivity index is 2.10. The number of ether oxygens (including phenoxy) is 1. The van der Waals surface area contributed by atoms with Crippen molar-refractivity contribution in [2.24, 2.45) is 0 Å². The highest BCUT2D eigenvalue weighted by Gasteiger charge is 2.16. The fraction of sp³-hybridized carbons (Fsp3) is 0.441. The van der Waals surface area contributed by atoms with Crippen molar-refractivity contribution in [1.29, 1.82) is 0 Å². The second kappa shape index (κ2) is 24.5. The minimum absolute atomic E-state index is 0.172. The summed E-state index contributed by atoms with van der Waals surface area (Å²) in [5, 5.41) is 26.4. The van der Waals surface area contributed by atoms with Gasteiger partial charge in [-0.1, -0.05) is 74.6 Å². The maximum Gasteiger partial charge on any atom is 0.339 e. The highest BCUT2D eigenvalue weighted by Crippen LogP contribution is 2.21. The van der Waals surface area contributed by atoms with Crippen molar-refractivity contribution < 1.29 is 29.3 Å². The van der Waals surface area contributed by atoms with E-state index in [2.05, 4.69) is 83.6 Å². The number of amides is 3. The van der Waals surface area contributed by atoms with Crippen LogP contribution in [-0.4, -0.2) is 53.9 Å². The van der Waals surface area contributed by atoms with E-state index in [1.807, 2.05) is 6.92 Å². The zero-order valence-corrected chi connectivity index (χ0v) is 25.6. The maximum absolute atomic E-state index is 12.4. The van der Waals surface area contributed by atoms with Crippen LogP contribution in [0.5, 0.6) is 5.75 Å². The summed E-state index contributed by atoms with van der Waals surface area (Å²) in [7, 11) is 0. The van der Waals surface area contributed by atoms with Crippen LogP contribution >= 0.6 is 0 Å². The van der Waals surface area contributed by atoms with Gasteiger partial charge in [-0.25, -0.2) is 9.59 Å². The van der Waals surface area contributed by atoms with Gasteiger partial charge in [0.05, 0.1) is 0 Å². The molecule has 1 unspecified atom stereocenters. The number of allylic oxidation sites excluding steroid dienone is 10. The number of aromatic hydroxyl groups is 1. The lowest BCUT2D eigenvalue weighted by molar-refractivity contribution is -0.133. The van der Waals surface area contributed by atoms with Crippen molar-refractivity contribution in [2.45, 2.75) is 77.7 Å². The number of urea groups is 1. The van der Waals surface area contributed by atoms with Gasteiger partial charge in [-0.3, -0.25) is 4.79 Å². The zero-order chi connectivity index (χ0) is 31.5. The lowest BCUT2D eigenvalue weighted by Crippen LogP contribution is -2.41. The van der Waals surface area contributed by atoms with Crippen LogP contribution in [0.3, 0.4) is 0 Å². The standard InChI is InChI=1S/C34H49N3O6/c1-3-5-6-7-8-9-10-11-12-13-14-15-16-17-18-19-20-21-26-43-31(4-2)32(39)35-24-25-36-34(42)37-28-22-23-30(38)29(27-28)33(40)41/h5-6,8-9,11-12,14-15,17-18,22-23,27,31,38H,3-4,7,10,13,16,19-21,24-26H2,1-2H3,(H,35,39)(H,40,41)(H2,36,37,42). The highest BCUT2D eigenvalue weighted by molar-refractivity contribution is 5.95. The van der Waals surface area contributed by atoms with Crippen molar-refractivity contribution >= 4 is 23.6 Å². The van der Waals surface area contributed by atoms with Crippen LogP contribution in [0, 0.1) is 0 Å². The third-order valence-corrected chi connectivity index (χ3v) is 6.10. The lowest BCUT2D eigenvalue weighted by atomic mass is 10.2. The van der Waals surface area contributed by atoms with Gasteiger partial charge in [0, 0.05) is 25.4 Å². The first-order chi connectivity index (χ1) is 20.9. The summed E-state index contributed by atoms with van der Waals surface area (Å²) in [5.74, 6) is -1.92. The Morgan fingerprint density at radius 1 is 0.814 bits per heavy atom. The number of carboxylic acids is 1. The summed E-state index contributed by atoms with van der Waals surface area (Å²) < 4.78 is 5.75. The third kappa shape index (κ3) is 18.8. The minimum Gasteiger partial charge on any atom is -0.507 e. The summed E-state index contributed by atoms with van der Waals surface area (Å²) in [6.45, 7) is 4.91. The molecule has 0 fully saturated rings. The zero-order valence-electron chi connectivity index (χ0n) is 25.6. The molecule has 1 aromatic carbocycles.